The first-order chi connectivity index (χ1) is 48.1. The van der Waals surface area contributed by atoms with E-state index in [2.05, 4.69) is 84.1 Å². The van der Waals surface area contributed by atoms with Crippen LogP contribution in [0.5, 0.6) is 0 Å². The molecule has 102 heavy (non-hydrogen) atoms. The molecular formula is C80H142N8O14. The van der Waals surface area contributed by atoms with Crippen LogP contribution in [0.15, 0.2) is 0 Å². The van der Waals surface area contributed by atoms with Gasteiger partial charge < -0.3 is 82.6 Å². The van der Waals surface area contributed by atoms with Crippen LogP contribution in [0.4, 0.5) is 9.59 Å². The molecule has 0 aromatic heterocycles. The van der Waals surface area contributed by atoms with Gasteiger partial charge in [-0.05, 0) is 327 Å². The number of fused-ring (bicyclic) bond motifs is 10. The van der Waals surface area contributed by atoms with E-state index >= 15 is 0 Å². The number of aliphatic hydroxyl groups excluding tert-OH is 6. The van der Waals surface area contributed by atoms with Gasteiger partial charge in [0.1, 0.15) is 23.3 Å². The standard InChI is InChI=1S/C80H142N8O14/c1-49(55-25-27-57-69-59(47-65(93)79(55,57)11)77(9)33-31-53(89)43-51(77)45-63(69)91)23-29-67(95)87-61(21-13-15-39-85-73(99)101-75(3,4)5)71(97)83-41-19-37-81-35-17-18-36-82-38-20-42-84-72(98)62(22-14-16-40-86-74(100)102-76(6,7)8)88-68(96)30-24-50(2)56-26-28-58-70-60(48-66(94)80(56,58)12)78(10)34-32-54(90)44-52(78)46-64(70)92/h49-66,69-70,81-82,89-94H,13-48H2,1-12H3,(H,83,97)(H,84,98)(H,85,99)(H,86,100)(H,87,95)(H,88,96)/t49-,50-,51-,52-,53-,54-,55-,56-,57+,58+,59+,60+,61+,62+,63-,64-,65+,66+,69+,70+,77+,78+,79-,80-/m1/s1. The highest BCUT2D eigenvalue weighted by atomic mass is 16.6. The molecule has 0 aromatic rings. The summed E-state index contributed by atoms with van der Waals surface area (Å²) in [6.45, 7) is 29.0. The largest absolute Gasteiger partial charge is 0.444 e. The molecule has 0 spiro atoms. The summed E-state index contributed by atoms with van der Waals surface area (Å²) in [6.07, 6.45) is 16.0. The van der Waals surface area contributed by atoms with E-state index < -0.39 is 59.9 Å². The summed E-state index contributed by atoms with van der Waals surface area (Å²) in [5, 5.41) is 93.7. The maximum Gasteiger partial charge on any atom is 0.407 e. The van der Waals surface area contributed by atoms with Gasteiger partial charge in [-0.25, -0.2) is 9.59 Å². The van der Waals surface area contributed by atoms with E-state index in [9.17, 15) is 59.4 Å². The molecule has 0 saturated heterocycles. The van der Waals surface area contributed by atoms with Gasteiger partial charge in [0, 0.05) is 39.0 Å². The molecule has 586 valence electrons. The highest BCUT2D eigenvalue weighted by molar-refractivity contribution is 5.88. The fraction of sp³-hybridized carbons (Fsp3) is 0.925. The molecule has 24 atom stereocenters. The zero-order valence-corrected chi connectivity index (χ0v) is 65.0. The van der Waals surface area contributed by atoms with Gasteiger partial charge >= 0.3 is 12.2 Å². The number of carbonyl (C=O) groups is 6. The van der Waals surface area contributed by atoms with Crippen LogP contribution < -0.4 is 42.5 Å². The van der Waals surface area contributed by atoms with Crippen LogP contribution >= 0.6 is 0 Å². The second-order valence-electron chi connectivity index (χ2n) is 36.7. The van der Waals surface area contributed by atoms with Crippen LogP contribution in [0.2, 0.25) is 0 Å². The topological polar surface area (TPSA) is 339 Å². The number of hydrogen-bond acceptors (Lipinski definition) is 16. The van der Waals surface area contributed by atoms with Gasteiger partial charge in [0.25, 0.3) is 0 Å². The molecule has 0 heterocycles. The van der Waals surface area contributed by atoms with Gasteiger partial charge in [-0.3, -0.25) is 19.2 Å². The number of rotatable bonds is 35. The van der Waals surface area contributed by atoms with Crippen LogP contribution in [-0.2, 0) is 28.7 Å². The van der Waals surface area contributed by atoms with Crippen molar-refractivity contribution in [2.75, 3.05) is 52.4 Å². The van der Waals surface area contributed by atoms with Gasteiger partial charge in [0.2, 0.25) is 23.6 Å². The Balaban J connectivity index is 0.717. The minimum Gasteiger partial charge on any atom is -0.444 e. The second kappa shape index (κ2) is 36.8. The average molecular weight is 1440 g/mol. The van der Waals surface area contributed by atoms with E-state index in [0.29, 0.717) is 129 Å². The van der Waals surface area contributed by atoms with Crippen LogP contribution in [0, 0.1) is 92.7 Å². The molecule has 0 aromatic carbocycles. The number of unbranched alkanes of at least 4 members (excludes halogenated alkanes) is 3. The summed E-state index contributed by atoms with van der Waals surface area (Å²) in [7, 11) is 0. The Morgan fingerprint density at radius 2 is 0.775 bits per heavy atom. The lowest BCUT2D eigenvalue weighted by Crippen LogP contribution is -2.62. The summed E-state index contributed by atoms with van der Waals surface area (Å²) < 4.78 is 10.8. The Hall–Kier alpha value is -3.90. The first-order valence-electron chi connectivity index (χ1n) is 40.7. The molecule has 8 aliphatic carbocycles. The van der Waals surface area contributed by atoms with Gasteiger partial charge in [-0.2, -0.15) is 0 Å². The van der Waals surface area contributed by atoms with Crippen molar-refractivity contribution in [3.63, 3.8) is 0 Å². The second-order valence-corrected chi connectivity index (χ2v) is 36.7. The van der Waals surface area contributed by atoms with Gasteiger partial charge in [-0.1, -0.05) is 41.5 Å². The molecule has 8 aliphatic rings. The zero-order valence-electron chi connectivity index (χ0n) is 65.0. The molecular weight excluding hydrogens is 1300 g/mol. The maximum atomic E-state index is 13.8. The lowest BCUT2D eigenvalue weighted by molar-refractivity contribution is -0.207. The summed E-state index contributed by atoms with van der Waals surface area (Å²) in [5.41, 5.74) is -2.01. The van der Waals surface area contributed by atoms with E-state index in [0.717, 1.165) is 90.1 Å². The SMILES string of the molecule is C[C@H](CCC(=O)N[C@@H](CCCCNC(=O)OC(C)(C)C)C(=O)NCCCNCCCCNCCCNC(=O)[C@H](CCCCNC(=O)OC(C)(C)C)NC(=O)CC[C@@H](C)[C@H]1CC[C@H]2[C@@H]3[C@H](O)C[C@H]4C[C@H](O)CC[C@]4(C)[C@H]3C[C@H](O)[C@]12C)[C@H]1CC[C@H]2[C@@H]3[C@H](O)C[C@H]4C[C@H](O)CC[C@]4(C)[C@H]3C[C@H](O)[C@]12C. The molecule has 8 rings (SSSR count). The van der Waals surface area contributed by atoms with E-state index in [4.69, 9.17) is 9.47 Å². The lowest BCUT2D eigenvalue weighted by atomic mass is 9.43. The molecule has 0 radical (unpaired) electrons. The van der Waals surface area contributed by atoms with E-state index in [1.165, 1.54) is 0 Å². The van der Waals surface area contributed by atoms with E-state index in [-0.39, 0.29) is 141 Å². The highest BCUT2D eigenvalue weighted by Crippen LogP contribution is 2.70. The number of ether oxygens (including phenoxy) is 2. The first kappa shape index (κ1) is 83.7. The Morgan fingerprint density at radius 1 is 0.422 bits per heavy atom. The quantitative estimate of drug-likeness (QED) is 0.0263. The minimum absolute atomic E-state index is 0.00388. The Kier molecular flexibility index (Phi) is 30.2. The first-order valence-corrected chi connectivity index (χ1v) is 40.7. The zero-order chi connectivity index (χ0) is 74.5. The fourth-order valence-corrected chi connectivity index (χ4v) is 22.3. The van der Waals surface area contributed by atoms with E-state index in [1.807, 2.05) is 41.5 Å². The summed E-state index contributed by atoms with van der Waals surface area (Å²) in [6, 6.07) is -1.49. The summed E-state index contributed by atoms with van der Waals surface area (Å²) in [5.74, 6) is 1.35. The van der Waals surface area contributed by atoms with Crippen molar-refractivity contribution in [3.05, 3.63) is 0 Å². The van der Waals surface area contributed by atoms with Crippen molar-refractivity contribution in [2.45, 2.75) is 323 Å². The van der Waals surface area contributed by atoms with Gasteiger partial charge in [0.15, 0.2) is 0 Å². The number of nitrogens with one attached hydrogen (secondary N) is 8. The van der Waals surface area contributed by atoms with Crippen molar-refractivity contribution in [3.8, 4) is 0 Å². The number of carbonyl (C=O) groups excluding carboxylic acids is 6. The van der Waals surface area contributed by atoms with Crippen molar-refractivity contribution in [1.82, 2.24) is 42.5 Å². The minimum atomic E-state index is -0.743. The Labute approximate surface area is 612 Å². The smallest absolute Gasteiger partial charge is 0.407 e. The molecule has 8 fully saturated rings. The van der Waals surface area contributed by atoms with Crippen LogP contribution in [-0.4, -0.2) is 179 Å². The molecule has 0 aliphatic heterocycles. The summed E-state index contributed by atoms with van der Waals surface area (Å²) >= 11 is 0. The molecule has 8 saturated carbocycles. The molecule has 6 amide bonds. The van der Waals surface area contributed by atoms with Gasteiger partial charge in [0.05, 0.1) is 36.6 Å². The third-order valence-electron chi connectivity index (χ3n) is 27.8. The van der Waals surface area contributed by atoms with Crippen molar-refractivity contribution >= 4 is 35.8 Å². The third-order valence-corrected chi connectivity index (χ3v) is 27.8. The molecule has 22 nitrogen and oxygen atoms in total. The monoisotopic (exact) mass is 1440 g/mol. The molecule has 22 heteroatoms. The number of amides is 6. The summed E-state index contributed by atoms with van der Waals surface area (Å²) in [4.78, 5) is 79.8. The highest BCUT2D eigenvalue weighted by Gasteiger charge is 2.68. The number of aliphatic hydroxyl groups is 6. The van der Waals surface area contributed by atoms with Crippen molar-refractivity contribution in [2.24, 2.45) is 92.7 Å². The van der Waals surface area contributed by atoms with Gasteiger partial charge in [-0.15, -0.1) is 0 Å². The number of hydrogen-bond donors (Lipinski definition) is 14. The Bertz CT molecular complexity index is 2540. The Morgan fingerprint density at radius 3 is 1.15 bits per heavy atom. The van der Waals surface area contributed by atoms with Crippen LogP contribution in [0.25, 0.3) is 0 Å². The molecule has 0 bridgehead atoms. The maximum absolute atomic E-state index is 13.8. The fourth-order valence-electron chi connectivity index (χ4n) is 22.3. The third kappa shape index (κ3) is 21.1. The normalized spacial score (nSPS) is 36.0. The van der Waals surface area contributed by atoms with Crippen molar-refractivity contribution < 1.29 is 68.9 Å². The van der Waals surface area contributed by atoms with Crippen molar-refractivity contribution in [1.29, 1.82) is 0 Å². The molecule has 14 N–H and O–H groups in total. The molecule has 0 unspecified atom stereocenters. The average Bonchev–Trinajstić information content (AvgIpc) is 1.39. The number of alkyl carbamates (subject to hydrolysis) is 2. The van der Waals surface area contributed by atoms with Crippen LogP contribution in [0.1, 0.15) is 263 Å². The van der Waals surface area contributed by atoms with E-state index in [1.54, 1.807) is 0 Å². The van der Waals surface area contributed by atoms with Crippen LogP contribution in [0.3, 0.4) is 0 Å². The predicted molar refractivity (Wildman–Crippen MR) is 395 cm³/mol. The lowest BCUT2D eigenvalue weighted by Gasteiger charge is -2.63. The predicted octanol–water partition coefficient (Wildman–Crippen LogP) is 9.07.